The summed E-state index contributed by atoms with van der Waals surface area (Å²) in [5.74, 6) is 0. The lowest BCUT2D eigenvalue weighted by molar-refractivity contribution is 1.17. The van der Waals surface area contributed by atoms with Gasteiger partial charge in [0.25, 0.3) is 0 Å². The molecule has 0 aliphatic rings. The molecule has 10 aromatic rings. The second-order valence-corrected chi connectivity index (χ2v) is 11.6. The van der Waals surface area contributed by atoms with Gasteiger partial charge in [-0.3, -0.25) is 19.9 Å². The van der Waals surface area contributed by atoms with Crippen molar-refractivity contribution in [3.05, 3.63) is 146 Å². The van der Waals surface area contributed by atoms with Crippen molar-refractivity contribution in [1.29, 1.82) is 0 Å². The van der Waals surface area contributed by atoms with Crippen LogP contribution in [0, 0.1) is 0 Å². The fraction of sp³-hybridized carbons (Fsp3) is 0. The minimum absolute atomic E-state index is 0.880. The lowest BCUT2D eigenvalue weighted by Gasteiger charge is -2.11. The van der Waals surface area contributed by atoms with Crippen LogP contribution in [-0.2, 0) is 0 Å². The summed E-state index contributed by atoms with van der Waals surface area (Å²) in [5, 5.41) is 4.81. The molecule has 0 spiro atoms. The van der Waals surface area contributed by atoms with Crippen molar-refractivity contribution in [1.82, 2.24) is 29.1 Å². The van der Waals surface area contributed by atoms with Crippen molar-refractivity contribution in [2.45, 2.75) is 0 Å². The third kappa shape index (κ3) is 3.52. The predicted molar refractivity (Wildman–Crippen MR) is 187 cm³/mol. The molecule has 0 saturated carbocycles. The Hall–Kier alpha value is -6.40. The number of benzene rings is 6. The van der Waals surface area contributed by atoms with Gasteiger partial charge in [-0.25, -0.2) is 0 Å². The van der Waals surface area contributed by atoms with Gasteiger partial charge in [0.05, 0.1) is 44.5 Å². The second kappa shape index (κ2) is 9.55. The molecule has 0 bridgehead atoms. The summed E-state index contributed by atoms with van der Waals surface area (Å²) in [6.07, 6.45) is 7.01. The fourth-order valence-corrected chi connectivity index (χ4v) is 7.14. The number of rotatable bonds is 3. The van der Waals surface area contributed by atoms with Crippen LogP contribution in [-0.4, -0.2) is 29.1 Å². The van der Waals surface area contributed by atoms with E-state index in [-0.39, 0.29) is 0 Å². The van der Waals surface area contributed by atoms with E-state index in [0.717, 1.165) is 55.5 Å². The van der Waals surface area contributed by atoms with Crippen molar-refractivity contribution in [2.24, 2.45) is 0 Å². The lowest BCUT2D eigenvalue weighted by Crippen LogP contribution is -1.97. The summed E-state index contributed by atoms with van der Waals surface area (Å²) in [4.78, 5) is 18.6. The summed E-state index contributed by atoms with van der Waals surface area (Å²) < 4.78 is 4.63. The molecular weight excluding hydrogens is 564 g/mol. The van der Waals surface area contributed by atoms with Crippen LogP contribution >= 0.6 is 0 Å². The number of hydrogen-bond donors (Lipinski definition) is 0. The van der Waals surface area contributed by atoms with Crippen LogP contribution in [0.15, 0.2) is 146 Å². The zero-order valence-corrected chi connectivity index (χ0v) is 24.5. The summed E-state index contributed by atoms with van der Waals surface area (Å²) in [7, 11) is 0. The maximum absolute atomic E-state index is 4.72. The minimum atomic E-state index is 0.880. The Bertz CT molecular complexity index is 2620. The summed E-state index contributed by atoms with van der Waals surface area (Å²) in [6.45, 7) is 0. The van der Waals surface area contributed by atoms with Crippen LogP contribution in [0.3, 0.4) is 0 Å². The topological polar surface area (TPSA) is 61.4 Å². The average molecular weight is 589 g/mol. The molecule has 4 aromatic heterocycles. The Morgan fingerprint density at radius 2 is 0.783 bits per heavy atom. The van der Waals surface area contributed by atoms with Gasteiger partial charge < -0.3 is 9.13 Å². The van der Waals surface area contributed by atoms with Crippen LogP contribution in [0.4, 0.5) is 0 Å². The van der Waals surface area contributed by atoms with Gasteiger partial charge in [-0.05, 0) is 71.8 Å². The zero-order chi connectivity index (χ0) is 30.2. The molecule has 0 aliphatic heterocycles. The van der Waals surface area contributed by atoms with Crippen molar-refractivity contribution in [3.8, 4) is 22.5 Å². The Morgan fingerprint density at radius 3 is 1.28 bits per heavy atom. The SMILES string of the molecule is c1cc(-n2c3ccccc3c3cc(-c4ccc5c(c4)c4ccccc4n5-c4cccc5nccnc45)ccc32)c2nccnc2c1. The van der Waals surface area contributed by atoms with E-state index in [1.165, 1.54) is 32.7 Å². The molecule has 0 unspecified atom stereocenters. The summed E-state index contributed by atoms with van der Waals surface area (Å²) in [6, 6.07) is 43.2. The Morgan fingerprint density at radius 1 is 0.348 bits per heavy atom. The molecule has 46 heavy (non-hydrogen) atoms. The van der Waals surface area contributed by atoms with E-state index in [2.05, 4.69) is 128 Å². The Labute approximate surface area is 262 Å². The van der Waals surface area contributed by atoms with E-state index in [1.54, 1.807) is 24.8 Å². The van der Waals surface area contributed by atoms with E-state index in [9.17, 15) is 0 Å². The highest BCUT2D eigenvalue weighted by Crippen LogP contribution is 2.39. The lowest BCUT2D eigenvalue weighted by atomic mass is 10.0. The Kier molecular flexibility index (Phi) is 5.19. The van der Waals surface area contributed by atoms with E-state index < -0.39 is 0 Å². The normalized spacial score (nSPS) is 11.9. The van der Waals surface area contributed by atoms with Crippen molar-refractivity contribution in [2.75, 3.05) is 0 Å². The first-order chi connectivity index (χ1) is 22.8. The third-order valence-electron chi connectivity index (χ3n) is 9.12. The van der Waals surface area contributed by atoms with Gasteiger partial charge in [0.15, 0.2) is 0 Å². The molecule has 10 rings (SSSR count). The molecule has 6 nitrogen and oxygen atoms in total. The van der Waals surface area contributed by atoms with E-state index >= 15 is 0 Å². The third-order valence-corrected chi connectivity index (χ3v) is 9.12. The zero-order valence-electron chi connectivity index (χ0n) is 24.5. The number of fused-ring (bicyclic) bond motifs is 8. The van der Waals surface area contributed by atoms with Gasteiger partial charge in [-0.1, -0.05) is 60.7 Å². The second-order valence-electron chi connectivity index (χ2n) is 11.6. The van der Waals surface area contributed by atoms with Crippen molar-refractivity contribution < 1.29 is 0 Å². The van der Waals surface area contributed by atoms with Crippen LogP contribution < -0.4 is 0 Å². The molecule has 214 valence electrons. The molecule has 0 radical (unpaired) electrons. The molecule has 6 aromatic carbocycles. The molecule has 0 fully saturated rings. The van der Waals surface area contributed by atoms with Gasteiger partial charge in [0.2, 0.25) is 0 Å². The van der Waals surface area contributed by atoms with Crippen molar-refractivity contribution in [3.63, 3.8) is 0 Å². The van der Waals surface area contributed by atoms with Crippen molar-refractivity contribution >= 4 is 65.7 Å². The standard InChI is InChI=1S/C40H24N6/c1-3-11-33-27(7-1)29-23-25(15-17-35(29)45(33)37-13-5-9-31-39(37)43-21-19-41-31)26-16-18-36-30(24-26)28-8-2-4-12-34(28)46(36)38-14-6-10-32-40(38)44-22-20-42-32/h1-24H. The van der Waals surface area contributed by atoms with E-state index in [4.69, 9.17) is 9.97 Å². The summed E-state index contributed by atoms with van der Waals surface area (Å²) >= 11 is 0. The number of nitrogens with zero attached hydrogens (tertiary/aromatic N) is 6. The van der Waals surface area contributed by atoms with Gasteiger partial charge in [0, 0.05) is 46.3 Å². The molecule has 0 N–H and O–H groups in total. The fourth-order valence-electron chi connectivity index (χ4n) is 7.14. The molecule has 0 aliphatic carbocycles. The van der Waals surface area contributed by atoms with Crippen LogP contribution in [0.25, 0.3) is 88.2 Å². The van der Waals surface area contributed by atoms with E-state index in [0.29, 0.717) is 0 Å². The first-order valence-electron chi connectivity index (χ1n) is 15.3. The van der Waals surface area contributed by atoms with E-state index in [1.807, 2.05) is 12.1 Å². The summed E-state index contributed by atoms with van der Waals surface area (Å²) in [5.41, 5.74) is 12.5. The molecular formula is C40H24N6. The first kappa shape index (κ1) is 25.0. The number of hydrogen-bond acceptors (Lipinski definition) is 4. The molecule has 6 heteroatoms. The smallest absolute Gasteiger partial charge is 0.113 e. The number of aromatic nitrogens is 6. The molecule has 4 heterocycles. The minimum Gasteiger partial charge on any atom is -0.307 e. The monoisotopic (exact) mass is 588 g/mol. The van der Waals surface area contributed by atoms with Gasteiger partial charge >= 0.3 is 0 Å². The average Bonchev–Trinajstić information content (AvgIpc) is 3.63. The van der Waals surface area contributed by atoms with Gasteiger partial charge in [-0.15, -0.1) is 0 Å². The highest BCUT2D eigenvalue weighted by molar-refractivity contribution is 6.13. The predicted octanol–water partition coefficient (Wildman–Crippen LogP) is 9.43. The maximum atomic E-state index is 4.72. The van der Waals surface area contributed by atoms with Crippen LogP contribution in [0.5, 0.6) is 0 Å². The molecule has 0 atom stereocenters. The maximum Gasteiger partial charge on any atom is 0.113 e. The van der Waals surface area contributed by atoms with Crippen LogP contribution in [0.1, 0.15) is 0 Å². The molecule has 0 saturated heterocycles. The number of para-hydroxylation sites is 4. The highest BCUT2D eigenvalue weighted by atomic mass is 15.0. The molecule has 0 amide bonds. The van der Waals surface area contributed by atoms with Gasteiger partial charge in [0.1, 0.15) is 11.0 Å². The highest BCUT2D eigenvalue weighted by Gasteiger charge is 2.18. The quantitative estimate of drug-likeness (QED) is 0.206. The van der Waals surface area contributed by atoms with Gasteiger partial charge in [-0.2, -0.15) is 0 Å². The van der Waals surface area contributed by atoms with Crippen LogP contribution in [0.2, 0.25) is 0 Å². The Balaban J connectivity index is 1.20. The first-order valence-corrected chi connectivity index (χ1v) is 15.3. The largest absolute Gasteiger partial charge is 0.307 e.